The Bertz CT molecular complexity index is 1130. The number of aliphatic hydroxyl groups is 1. The largest absolute Gasteiger partial charge is 0.480 e. The quantitative estimate of drug-likeness (QED) is 0.379. The van der Waals surface area contributed by atoms with Crippen LogP contribution in [0.15, 0.2) is 54.6 Å². The maximum Gasteiger partial charge on any atom is 0.412 e. The SMILES string of the molecule is O=C(Nc1cc(C(=O)N[C@@H](CO)C(=O)O)[nH]n1)OCC1c2ccccc2-c2ccccc21. The average molecular weight is 436 g/mol. The summed E-state index contributed by atoms with van der Waals surface area (Å²) in [5.41, 5.74) is 4.30. The highest BCUT2D eigenvalue weighted by atomic mass is 16.5. The van der Waals surface area contributed by atoms with Crippen molar-refractivity contribution < 1.29 is 29.3 Å². The Hall–Kier alpha value is -4.18. The van der Waals surface area contributed by atoms with E-state index in [4.69, 9.17) is 14.9 Å². The predicted octanol–water partition coefficient (Wildman–Crippen LogP) is 1.95. The summed E-state index contributed by atoms with van der Waals surface area (Å²) < 4.78 is 5.41. The van der Waals surface area contributed by atoms with Gasteiger partial charge < -0.3 is 20.3 Å². The number of fused-ring (bicyclic) bond motifs is 3. The van der Waals surface area contributed by atoms with Gasteiger partial charge in [-0.25, -0.2) is 9.59 Å². The number of hydrogen-bond donors (Lipinski definition) is 5. The van der Waals surface area contributed by atoms with Crippen LogP contribution in [0.25, 0.3) is 11.1 Å². The number of amides is 2. The van der Waals surface area contributed by atoms with E-state index >= 15 is 0 Å². The molecule has 3 aromatic rings. The lowest BCUT2D eigenvalue weighted by Gasteiger charge is -2.14. The molecule has 1 atom stereocenters. The number of aromatic amines is 1. The van der Waals surface area contributed by atoms with Crippen molar-refractivity contribution in [3.05, 3.63) is 71.4 Å². The minimum atomic E-state index is -1.45. The summed E-state index contributed by atoms with van der Waals surface area (Å²) in [6.07, 6.45) is -0.746. The van der Waals surface area contributed by atoms with Gasteiger partial charge >= 0.3 is 12.1 Å². The first-order valence-corrected chi connectivity index (χ1v) is 9.80. The number of H-pyrrole nitrogens is 1. The molecule has 0 aliphatic heterocycles. The third kappa shape index (κ3) is 4.16. The van der Waals surface area contributed by atoms with Crippen LogP contribution in [0.5, 0.6) is 0 Å². The van der Waals surface area contributed by atoms with Crippen LogP contribution < -0.4 is 10.6 Å². The van der Waals surface area contributed by atoms with Crippen molar-refractivity contribution in [2.45, 2.75) is 12.0 Å². The van der Waals surface area contributed by atoms with E-state index in [1.165, 1.54) is 6.07 Å². The molecule has 0 bridgehead atoms. The van der Waals surface area contributed by atoms with Crippen molar-refractivity contribution >= 4 is 23.8 Å². The van der Waals surface area contributed by atoms with Crippen LogP contribution in [-0.2, 0) is 9.53 Å². The molecule has 0 saturated heterocycles. The monoisotopic (exact) mass is 436 g/mol. The van der Waals surface area contributed by atoms with E-state index < -0.39 is 30.6 Å². The Balaban J connectivity index is 1.37. The van der Waals surface area contributed by atoms with E-state index in [2.05, 4.69) is 20.8 Å². The van der Waals surface area contributed by atoms with Gasteiger partial charge in [0, 0.05) is 12.0 Å². The molecule has 10 nitrogen and oxygen atoms in total. The Morgan fingerprint density at radius 1 is 1.06 bits per heavy atom. The summed E-state index contributed by atoms with van der Waals surface area (Å²) in [6.45, 7) is -0.644. The van der Waals surface area contributed by atoms with E-state index in [-0.39, 0.29) is 24.0 Å². The maximum absolute atomic E-state index is 12.3. The Kier molecular flexibility index (Phi) is 5.86. The van der Waals surface area contributed by atoms with Crippen molar-refractivity contribution in [2.75, 3.05) is 18.5 Å². The van der Waals surface area contributed by atoms with Gasteiger partial charge in [0.2, 0.25) is 0 Å². The number of carbonyl (C=O) groups is 3. The number of aromatic nitrogens is 2. The summed E-state index contributed by atoms with van der Waals surface area (Å²) in [5, 5.41) is 28.6. The minimum Gasteiger partial charge on any atom is -0.480 e. The third-order valence-corrected chi connectivity index (χ3v) is 5.18. The highest BCUT2D eigenvalue weighted by Crippen LogP contribution is 2.44. The van der Waals surface area contributed by atoms with Crippen molar-refractivity contribution in [3.8, 4) is 11.1 Å². The van der Waals surface area contributed by atoms with E-state index in [0.717, 1.165) is 22.3 Å². The van der Waals surface area contributed by atoms with Crippen molar-refractivity contribution in [3.63, 3.8) is 0 Å². The fourth-order valence-corrected chi connectivity index (χ4v) is 3.66. The molecule has 10 heteroatoms. The first-order chi connectivity index (χ1) is 15.5. The number of benzene rings is 2. The molecule has 0 saturated carbocycles. The van der Waals surface area contributed by atoms with Crippen LogP contribution in [0.1, 0.15) is 27.5 Å². The molecule has 32 heavy (non-hydrogen) atoms. The number of ether oxygens (including phenoxy) is 1. The number of nitrogens with zero attached hydrogens (tertiary/aromatic N) is 1. The van der Waals surface area contributed by atoms with Crippen molar-refractivity contribution in [1.29, 1.82) is 0 Å². The minimum absolute atomic E-state index is 0.0308. The number of nitrogens with one attached hydrogen (secondary N) is 3. The first kappa shape index (κ1) is 21.1. The highest BCUT2D eigenvalue weighted by Gasteiger charge is 2.29. The zero-order chi connectivity index (χ0) is 22.7. The summed E-state index contributed by atoms with van der Waals surface area (Å²) in [6, 6.07) is 15.7. The molecule has 5 N–H and O–H groups in total. The topological polar surface area (TPSA) is 154 Å². The molecule has 1 aromatic heterocycles. The van der Waals surface area contributed by atoms with Gasteiger partial charge in [-0.3, -0.25) is 15.2 Å². The van der Waals surface area contributed by atoms with Crippen molar-refractivity contribution in [2.24, 2.45) is 0 Å². The summed E-state index contributed by atoms with van der Waals surface area (Å²) >= 11 is 0. The molecule has 2 aromatic carbocycles. The highest BCUT2D eigenvalue weighted by molar-refractivity contribution is 5.96. The second-order valence-corrected chi connectivity index (χ2v) is 7.16. The van der Waals surface area contributed by atoms with E-state index in [1.54, 1.807) is 0 Å². The van der Waals surface area contributed by atoms with Crippen LogP contribution in [0.4, 0.5) is 10.6 Å². The molecule has 1 aliphatic carbocycles. The van der Waals surface area contributed by atoms with Crippen LogP contribution in [0.3, 0.4) is 0 Å². The number of anilines is 1. The van der Waals surface area contributed by atoms with Gasteiger partial charge in [-0.05, 0) is 22.3 Å². The number of aliphatic carboxylic acids is 1. The molecule has 0 spiro atoms. The van der Waals surface area contributed by atoms with Gasteiger partial charge in [-0.1, -0.05) is 48.5 Å². The molecule has 1 heterocycles. The number of rotatable bonds is 7. The van der Waals surface area contributed by atoms with E-state index in [9.17, 15) is 14.4 Å². The maximum atomic E-state index is 12.3. The summed E-state index contributed by atoms with van der Waals surface area (Å²) in [5.74, 6) is -2.24. The molecule has 4 rings (SSSR count). The number of hydrogen-bond acceptors (Lipinski definition) is 6. The fourth-order valence-electron chi connectivity index (χ4n) is 3.66. The zero-order valence-electron chi connectivity index (χ0n) is 16.7. The third-order valence-electron chi connectivity index (χ3n) is 5.18. The average Bonchev–Trinajstić information content (AvgIpc) is 3.38. The Morgan fingerprint density at radius 3 is 2.28 bits per heavy atom. The van der Waals surface area contributed by atoms with Crippen molar-refractivity contribution in [1.82, 2.24) is 15.5 Å². The van der Waals surface area contributed by atoms with Gasteiger partial charge in [-0.15, -0.1) is 0 Å². The summed E-state index contributed by atoms with van der Waals surface area (Å²) in [7, 11) is 0. The number of carbonyl (C=O) groups excluding carboxylic acids is 2. The molecular weight excluding hydrogens is 416 g/mol. The Morgan fingerprint density at radius 2 is 1.69 bits per heavy atom. The second-order valence-electron chi connectivity index (χ2n) is 7.16. The zero-order valence-corrected chi connectivity index (χ0v) is 16.7. The lowest BCUT2D eigenvalue weighted by Crippen LogP contribution is -2.43. The van der Waals surface area contributed by atoms with Gasteiger partial charge in [0.15, 0.2) is 11.9 Å². The normalized spacial score (nSPS) is 13.0. The van der Waals surface area contributed by atoms with Crippen LogP contribution >= 0.6 is 0 Å². The second kappa shape index (κ2) is 8.90. The Labute approximate surface area is 182 Å². The molecule has 0 unspecified atom stereocenters. The molecule has 1 aliphatic rings. The fraction of sp³-hybridized carbons (Fsp3) is 0.182. The molecule has 0 radical (unpaired) electrons. The van der Waals surface area contributed by atoms with Crippen LogP contribution in [0, 0.1) is 0 Å². The number of carboxylic acids is 1. The smallest absolute Gasteiger partial charge is 0.412 e. The lowest BCUT2D eigenvalue weighted by molar-refractivity contribution is -0.140. The van der Waals surface area contributed by atoms with E-state index in [1.807, 2.05) is 48.5 Å². The van der Waals surface area contributed by atoms with Gasteiger partial charge in [0.1, 0.15) is 12.3 Å². The molecule has 164 valence electrons. The number of carboxylic acid groups (broad SMARTS) is 1. The summed E-state index contributed by atoms with van der Waals surface area (Å²) in [4.78, 5) is 35.2. The first-order valence-electron chi connectivity index (χ1n) is 9.80. The molecular formula is C22H20N4O6. The van der Waals surface area contributed by atoms with Crippen LogP contribution in [-0.4, -0.2) is 57.6 Å². The number of aliphatic hydroxyl groups excluding tert-OH is 1. The van der Waals surface area contributed by atoms with Gasteiger partial charge in [0.05, 0.1) is 6.61 Å². The van der Waals surface area contributed by atoms with Gasteiger partial charge in [-0.2, -0.15) is 5.10 Å². The van der Waals surface area contributed by atoms with E-state index in [0.29, 0.717) is 0 Å². The standard InChI is InChI=1S/C22H20N4O6/c27-10-18(21(29)30)23-20(28)17-9-19(26-25-17)24-22(31)32-11-16-14-7-3-1-5-12(14)13-6-2-4-8-15(13)16/h1-9,16,18,27H,10-11H2,(H,23,28)(H,29,30)(H2,24,25,26,31)/t18-/m0/s1. The van der Waals surface area contributed by atoms with Crippen LogP contribution in [0.2, 0.25) is 0 Å². The molecule has 0 fully saturated rings. The lowest BCUT2D eigenvalue weighted by atomic mass is 9.98. The predicted molar refractivity (Wildman–Crippen MR) is 113 cm³/mol. The molecule has 2 amide bonds. The van der Waals surface area contributed by atoms with Gasteiger partial charge in [0.25, 0.3) is 5.91 Å².